The molecular weight excluding hydrogens is 288 g/mol. The average molecular weight is 307 g/mol. The number of nitrogens with zero attached hydrogens (tertiary/aromatic N) is 6. The molecule has 112 valence electrons. The van der Waals surface area contributed by atoms with Crippen molar-refractivity contribution < 1.29 is 0 Å². The normalized spacial score (nSPS) is 19.2. The van der Waals surface area contributed by atoms with Crippen molar-refractivity contribution in [3.63, 3.8) is 0 Å². The topological polar surface area (TPSA) is 59.7 Å². The molecule has 0 radical (unpaired) electrons. The van der Waals surface area contributed by atoms with Gasteiger partial charge in [-0.3, -0.25) is 4.98 Å². The largest absolute Gasteiger partial charge is 0.355 e. The van der Waals surface area contributed by atoms with E-state index in [1.165, 1.54) is 0 Å². The first-order chi connectivity index (χ1) is 10.1. The van der Waals surface area contributed by atoms with Gasteiger partial charge in [-0.1, -0.05) is 11.6 Å². The van der Waals surface area contributed by atoms with Crippen molar-refractivity contribution >= 4 is 17.4 Å². The molecule has 21 heavy (non-hydrogen) atoms. The van der Waals surface area contributed by atoms with Crippen LogP contribution in [0.4, 0.5) is 5.82 Å². The fourth-order valence-corrected chi connectivity index (χ4v) is 2.97. The van der Waals surface area contributed by atoms with Crippen molar-refractivity contribution in [2.75, 3.05) is 18.0 Å². The fourth-order valence-electron chi connectivity index (χ4n) is 2.82. The molecule has 1 unspecified atom stereocenters. The lowest BCUT2D eigenvalue weighted by Crippen LogP contribution is -2.36. The van der Waals surface area contributed by atoms with Crippen molar-refractivity contribution in [2.45, 2.75) is 38.6 Å². The molecule has 0 saturated carbocycles. The highest BCUT2D eigenvalue weighted by atomic mass is 35.5. The smallest absolute Gasteiger partial charge is 0.149 e. The van der Waals surface area contributed by atoms with E-state index in [9.17, 15) is 0 Å². The zero-order chi connectivity index (χ0) is 14.8. The molecule has 6 nitrogen and oxygen atoms in total. The van der Waals surface area contributed by atoms with E-state index in [0.29, 0.717) is 17.1 Å². The molecule has 3 heterocycles. The molecule has 2 aromatic rings. The van der Waals surface area contributed by atoms with Crippen LogP contribution in [0, 0.1) is 0 Å². The summed E-state index contributed by atoms with van der Waals surface area (Å²) in [5, 5.41) is 8.84. The zero-order valence-electron chi connectivity index (χ0n) is 12.3. The molecule has 1 saturated heterocycles. The van der Waals surface area contributed by atoms with Gasteiger partial charge in [-0.2, -0.15) is 0 Å². The molecule has 0 aromatic carbocycles. The number of hydrogen-bond acceptors (Lipinski definition) is 5. The molecule has 3 rings (SSSR count). The van der Waals surface area contributed by atoms with Crippen LogP contribution in [0.25, 0.3) is 0 Å². The van der Waals surface area contributed by atoms with E-state index >= 15 is 0 Å². The third-order valence-electron chi connectivity index (χ3n) is 3.86. The molecule has 0 amide bonds. The van der Waals surface area contributed by atoms with Gasteiger partial charge in [0.15, 0.2) is 0 Å². The van der Waals surface area contributed by atoms with E-state index in [0.717, 1.165) is 37.6 Å². The summed E-state index contributed by atoms with van der Waals surface area (Å²) in [6.07, 6.45) is 7.36. The number of piperidine rings is 1. The van der Waals surface area contributed by atoms with Gasteiger partial charge in [-0.25, -0.2) is 4.98 Å². The molecule has 7 heteroatoms. The third-order valence-corrected chi connectivity index (χ3v) is 4.04. The highest BCUT2D eigenvalue weighted by Crippen LogP contribution is 2.29. The summed E-state index contributed by atoms with van der Waals surface area (Å²) in [4.78, 5) is 10.7. The highest BCUT2D eigenvalue weighted by molar-refractivity contribution is 6.29. The second-order valence-corrected chi connectivity index (χ2v) is 6.06. The van der Waals surface area contributed by atoms with E-state index in [4.69, 9.17) is 11.6 Å². The van der Waals surface area contributed by atoms with Gasteiger partial charge in [0, 0.05) is 25.0 Å². The van der Waals surface area contributed by atoms with Crippen molar-refractivity contribution in [2.24, 2.45) is 0 Å². The van der Waals surface area contributed by atoms with E-state index in [1.807, 2.05) is 6.33 Å². The molecule has 0 bridgehead atoms. The maximum absolute atomic E-state index is 5.94. The predicted octanol–water partition coefficient (Wildman–Crippen LogP) is 2.69. The lowest BCUT2D eigenvalue weighted by Gasteiger charge is -2.33. The summed E-state index contributed by atoms with van der Waals surface area (Å²) in [6.45, 7) is 6.15. The molecule has 1 aliphatic rings. The van der Waals surface area contributed by atoms with Crippen LogP contribution in [-0.4, -0.2) is 37.8 Å². The van der Waals surface area contributed by atoms with Crippen molar-refractivity contribution in [3.8, 4) is 0 Å². The van der Waals surface area contributed by atoms with Crippen LogP contribution in [0.3, 0.4) is 0 Å². The summed E-state index contributed by atoms with van der Waals surface area (Å²) in [5.74, 6) is 2.26. The van der Waals surface area contributed by atoms with E-state index in [1.54, 1.807) is 12.4 Å². The van der Waals surface area contributed by atoms with Crippen molar-refractivity contribution in [1.82, 2.24) is 24.7 Å². The van der Waals surface area contributed by atoms with Crippen LogP contribution in [0.1, 0.15) is 44.5 Å². The van der Waals surface area contributed by atoms with Crippen LogP contribution in [-0.2, 0) is 0 Å². The summed E-state index contributed by atoms with van der Waals surface area (Å²) in [6, 6.07) is 0.372. The van der Waals surface area contributed by atoms with Gasteiger partial charge in [0.25, 0.3) is 0 Å². The van der Waals surface area contributed by atoms with E-state index < -0.39 is 0 Å². The van der Waals surface area contributed by atoms with Crippen LogP contribution in [0.5, 0.6) is 0 Å². The standard InChI is InChI=1S/C14H19ClN6/c1-10(2)21-9-17-19-14(21)11-4-3-5-20(8-11)13-7-16-6-12(15)18-13/h6-7,9-11H,3-5,8H2,1-2H3. The van der Waals surface area contributed by atoms with Gasteiger partial charge in [0.1, 0.15) is 23.1 Å². The Morgan fingerprint density at radius 2 is 2.19 bits per heavy atom. The van der Waals surface area contributed by atoms with Crippen LogP contribution >= 0.6 is 11.6 Å². The number of halogens is 1. The summed E-state index contributed by atoms with van der Waals surface area (Å²) < 4.78 is 2.15. The zero-order valence-corrected chi connectivity index (χ0v) is 13.0. The van der Waals surface area contributed by atoms with Crippen molar-refractivity contribution in [1.29, 1.82) is 0 Å². The lowest BCUT2D eigenvalue weighted by molar-refractivity contribution is 0.453. The summed E-state index contributed by atoms with van der Waals surface area (Å²) in [5.41, 5.74) is 0. The molecular formula is C14H19ClN6. The van der Waals surface area contributed by atoms with Crippen LogP contribution in [0.2, 0.25) is 5.15 Å². The maximum Gasteiger partial charge on any atom is 0.149 e. The first kappa shape index (κ1) is 14.3. The van der Waals surface area contributed by atoms with Gasteiger partial charge in [-0.05, 0) is 26.7 Å². The monoisotopic (exact) mass is 306 g/mol. The fraction of sp³-hybridized carbons (Fsp3) is 0.571. The summed E-state index contributed by atoms with van der Waals surface area (Å²) >= 11 is 5.94. The van der Waals surface area contributed by atoms with Crippen molar-refractivity contribution in [3.05, 3.63) is 29.7 Å². The second kappa shape index (κ2) is 5.97. The van der Waals surface area contributed by atoms with Crippen LogP contribution < -0.4 is 4.90 Å². The van der Waals surface area contributed by atoms with Crippen LogP contribution in [0.15, 0.2) is 18.7 Å². The quantitative estimate of drug-likeness (QED) is 0.872. The molecule has 0 N–H and O–H groups in total. The molecule has 1 aliphatic heterocycles. The predicted molar refractivity (Wildman–Crippen MR) is 81.6 cm³/mol. The Morgan fingerprint density at radius 3 is 2.95 bits per heavy atom. The Morgan fingerprint density at radius 1 is 1.33 bits per heavy atom. The van der Waals surface area contributed by atoms with Gasteiger partial charge < -0.3 is 9.47 Å². The first-order valence-corrected chi connectivity index (χ1v) is 7.65. The van der Waals surface area contributed by atoms with Gasteiger partial charge >= 0.3 is 0 Å². The second-order valence-electron chi connectivity index (χ2n) is 5.68. The Kier molecular flexibility index (Phi) is 4.05. The molecule has 0 aliphatic carbocycles. The van der Waals surface area contributed by atoms with E-state index in [2.05, 4.69) is 43.5 Å². The number of hydrogen-bond donors (Lipinski definition) is 0. The Bertz CT molecular complexity index is 611. The first-order valence-electron chi connectivity index (χ1n) is 7.27. The van der Waals surface area contributed by atoms with E-state index in [-0.39, 0.29) is 0 Å². The Balaban J connectivity index is 1.81. The Hall–Kier alpha value is -1.69. The molecule has 0 spiro atoms. The number of rotatable bonds is 3. The highest BCUT2D eigenvalue weighted by Gasteiger charge is 2.26. The SMILES string of the molecule is CC(C)n1cnnc1C1CCCN(c2cncc(Cl)n2)C1. The average Bonchev–Trinajstić information content (AvgIpc) is 2.97. The molecule has 1 fully saturated rings. The minimum absolute atomic E-state index is 0.365. The number of aromatic nitrogens is 5. The lowest BCUT2D eigenvalue weighted by atomic mass is 9.97. The Labute approximate surface area is 129 Å². The molecule has 2 aromatic heterocycles. The van der Waals surface area contributed by atoms with Gasteiger partial charge in [0.2, 0.25) is 0 Å². The third kappa shape index (κ3) is 3.00. The van der Waals surface area contributed by atoms with Gasteiger partial charge in [-0.15, -0.1) is 10.2 Å². The maximum atomic E-state index is 5.94. The minimum atomic E-state index is 0.365. The minimum Gasteiger partial charge on any atom is -0.355 e. The number of anilines is 1. The molecule has 1 atom stereocenters. The van der Waals surface area contributed by atoms with Gasteiger partial charge in [0.05, 0.1) is 12.4 Å². The summed E-state index contributed by atoms with van der Waals surface area (Å²) in [7, 11) is 0.